The van der Waals surface area contributed by atoms with E-state index in [0.717, 1.165) is 12.1 Å². The molecule has 1 saturated carbocycles. The number of benzene rings is 1. The lowest BCUT2D eigenvalue weighted by Gasteiger charge is -2.38. The molecule has 17 heavy (non-hydrogen) atoms. The van der Waals surface area contributed by atoms with Crippen molar-refractivity contribution in [3.63, 3.8) is 0 Å². The first-order chi connectivity index (χ1) is 8.27. The van der Waals surface area contributed by atoms with Crippen LogP contribution in [-0.4, -0.2) is 11.5 Å². The van der Waals surface area contributed by atoms with Crippen molar-refractivity contribution in [3.8, 4) is 0 Å². The highest BCUT2D eigenvalue weighted by Gasteiger charge is 2.31. The van der Waals surface area contributed by atoms with Gasteiger partial charge in [-0.15, -0.1) is 0 Å². The maximum absolute atomic E-state index is 4.38. The van der Waals surface area contributed by atoms with Crippen molar-refractivity contribution in [2.24, 2.45) is 5.41 Å². The second-order valence-electron chi connectivity index (χ2n) is 5.39. The average Bonchev–Trinajstić information content (AvgIpc) is 2.34. The van der Waals surface area contributed by atoms with Crippen LogP contribution in [0.25, 0.3) is 10.9 Å². The van der Waals surface area contributed by atoms with Crippen LogP contribution in [-0.2, 0) is 0 Å². The summed E-state index contributed by atoms with van der Waals surface area (Å²) in [5.74, 6) is 0. The number of pyridine rings is 1. The minimum absolute atomic E-state index is 0.504. The van der Waals surface area contributed by atoms with Gasteiger partial charge in [-0.3, -0.25) is 4.98 Å². The van der Waals surface area contributed by atoms with E-state index in [1.807, 2.05) is 12.3 Å². The summed E-state index contributed by atoms with van der Waals surface area (Å²) in [6.07, 6.45) is 5.97. The van der Waals surface area contributed by atoms with E-state index in [9.17, 15) is 0 Å². The van der Waals surface area contributed by atoms with Crippen LogP contribution in [0.15, 0.2) is 36.5 Å². The Bertz CT molecular complexity index is 524. The molecular weight excluding hydrogens is 208 g/mol. The molecule has 1 aliphatic carbocycles. The van der Waals surface area contributed by atoms with Crippen LogP contribution in [0.5, 0.6) is 0 Å². The number of anilines is 1. The lowest BCUT2D eigenvalue weighted by atomic mass is 9.70. The third kappa shape index (κ3) is 1.99. The molecule has 0 bridgehead atoms. The third-order valence-electron chi connectivity index (χ3n) is 3.92. The smallest absolute Gasteiger partial charge is 0.0722 e. The summed E-state index contributed by atoms with van der Waals surface area (Å²) < 4.78 is 0. The van der Waals surface area contributed by atoms with Crippen molar-refractivity contribution in [1.82, 2.24) is 4.98 Å². The average molecular weight is 226 g/mol. The Balaban J connectivity index is 1.85. The fourth-order valence-electron chi connectivity index (χ4n) is 2.52. The van der Waals surface area contributed by atoms with Crippen LogP contribution in [0.3, 0.4) is 0 Å². The number of nitrogens with one attached hydrogen (secondary N) is 1. The first-order valence-corrected chi connectivity index (χ1v) is 6.35. The van der Waals surface area contributed by atoms with Crippen molar-refractivity contribution in [3.05, 3.63) is 36.5 Å². The molecular formula is C15H18N2. The lowest BCUT2D eigenvalue weighted by Crippen LogP contribution is -2.33. The van der Waals surface area contributed by atoms with E-state index in [1.165, 1.54) is 30.3 Å². The third-order valence-corrected chi connectivity index (χ3v) is 3.92. The normalized spacial score (nSPS) is 17.7. The van der Waals surface area contributed by atoms with Gasteiger partial charge in [0.15, 0.2) is 0 Å². The van der Waals surface area contributed by atoms with Gasteiger partial charge < -0.3 is 5.32 Å². The van der Waals surface area contributed by atoms with Gasteiger partial charge in [-0.1, -0.05) is 31.5 Å². The van der Waals surface area contributed by atoms with E-state index in [0.29, 0.717) is 5.41 Å². The quantitative estimate of drug-likeness (QED) is 0.860. The number of hydrogen-bond acceptors (Lipinski definition) is 2. The molecule has 0 radical (unpaired) electrons. The van der Waals surface area contributed by atoms with Gasteiger partial charge in [0.25, 0.3) is 0 Å². The molecule has 3 rings (SSSR count). The molecule has 0 saturated heterocycles. The minimum Gasteiger partial charge on any atom is -0.384 e. The first-order valence-electron chi connectivity index (χ1n) is 6.35. The summed E-state index contributed by atoms with van der Waals surface area (Å²) in [5, 5.41) is 4.81. The van der Waals surface area contributed by atoms with Gasteiger partial charge in [-0.2, -0.15) is 0 Å². The highest BCUT2D eigenvalue weighted by molar-refractivity contribution is 5.90. The van der Waals surface area contributed by atoms with Crippen LogP contribution in [0, 0.1) is 5.41 Å². The van der Waals surface area contributed by atoms with E-state index in [-0.39, 0.29) is 0 Å². The maximum Gasteiger partial charge on any atom is 0.0722 e. The lowest BCUT2D eigenvalue weighted by molar-refractivity contribution is 0.180. The summed E-state index contributed by atoms with van der Waals surface area (Å²) in [6, 6.07) is 10.4. The van der Waals surface area contributed by atoms with Crippen LogP contribution in [0.2, 0.25) is 0 Å². The summed E-state index contributed by atoms with van der Waals surface area (Å²) in [7, 11) is 0. The Hall–Kier alpha value is -1.57. The number of nitrogens with zero attached hydrogens (tertiary/aromatic N) is 1. The zero-order valence-electron chi connectivity index (χ0n) is 10.2. The Morgan fingerprint density at radius 1 is 1.24 bits per heavy atom. The molecule has 1 aromatic heterocycles. The highest BCUT2D eigenvalue weighted by Crippen LogP contribution is 2.40. The van der Waals surface area contributed by atoms with E-state index < -0.39 is 0 Å². The predicted octanol–water partition coefficient (Wildman–Crippen LogP) is 3.84. The van der Waals surface area contributed by atoms with Gasteiger partial charge in [0.05, 0.1) is 5.52 Å². The summed E-state index contributed by atoms with van der Waals surface area (Å²) in [6.45, 7) is 3.44. The topological polar surface area (TPSA) is 24.9 Å². The fraction of sp³-hybridized carbons (Fsp3) is 0.400. The molecule has 1 N–H and O–H groups in total. The predicted molar refractivity (Wildman–Crippen MR) is 72.2 cm³/mol. The Labute approximate surface area is 102 Å². The summed E-state index contributed by atoms with van der Waals surface area (Å²) >= 11 is 0. The van der Waals surface area contributed by atoms with Crippen LogP contribution < -0.4 is 5.32 Å². The van der Waals surface area contributed by atoms with Crippen molar-refractivity contribution in [2.45, 2.75) is 26.2 Å². The molecule has 88 valence electrons. The standard InChI is InChI=1S/C15H18N2/c1-15(8-4-9-15)11-17-14-7-10-16-13-6-3-2-5-12(13)14/h2-3,5-7,10H,4,8-9,11H2,1H3,(H,16,17). The SMILES string of the molecule is CC1(CNc2ccnc3ccccc23)CCC1. The summed E-state index contributed by atoms with van der Waals surface area (Å²) in [5.41, 5.74) is 2.78. The molecule has 1 heterocycles. The van der Waals surface area contributed by atoms with E-state index in [4.69, 9.17) is 0 Å². The number of fused-ring (bicyclic) bond motifs is 1. The molecule has 0 spiro atoms. The van der Waals surface area contributed by atoms with Gasteiger partial charge in [-0.05, 0) is 30.4 Å². The van der Waals surface area contributed by atoms with Crippen LogP contribution >= 0.6 is 0 Å². The van der Waals surface area contributed by atoms with Crippen molar-refractivity contribution in [2.75, 3.05) is 11.9 Å². The summed E-state index contributed by atoms with van der Waals surface area (Å²) in [4.78, 5) is 4.38. The number of para-hydroxylation sites is 1. The van der Waals surface area contributed by atoms with Gasteiger partial charge in [0, 0.05) is 23.8 Å². The van der Waals surface area contributed by atoms with Crippen molar-refractivity contribution in [1.29, 1.82) is 0 Å². The fourth-order valence-corrected chi connectivity index (χ4v) is 2.52. The van der Waals surface area contributed by atoms with Crippen LogP contribution in [0.1, 0.15) is 26.2 Å². The maximum atomic E-state index is 4.38. The van der Waals surface area contributed by atoms with Crippen LogP contribution in [0.4, 0.5) is 5.69 Å². The first kappa shape index (κ1) is 10.6. The van der Waals surface area contributed by atoms with Crippen molar-refractivity contribution < 1.29 is 0 Å². The Morgan fingerprint density at radius 2 is 2.06 bits per heavy atom. The molecule has 1 aromatic carbocycles. The number of rotatable bonds is 3. The zero-order valence-corrected chi connectivity index (χ0v) is 10.2. The van der Waals surface area contributed by atoms with Gasteiger partial charge >= 0.3 is 0 Å². The Morgan fingerprint density at radius 3 is 2.82 bits per heavy atom. The number of hydrogen-bond donors (Lipinski definition) is 1. The monoisotopic (exact) mass is 226 g/mol. The molecule has 1 fully saturated rings. The largest absolute Gasteiger partial charge is 0.384 e. The molecule has 0 amide bonds. The molecule has 0 atom stereocenters. The minimum atomic E-state index is 0.504. The zero-order chi connectivity index (χ0) is 11.7. The Kier molecular flexibility index (Phi) is 2.50. The van der Waals surface area contributed by atoms with E-state index in [1.54, 1.807) is 0 Å². The second kappa shape index (κ2) is 4.02. The molecule has 2 heteroatoms. The van der Waals surface area contributed by atoms with E-state index in [2.05, 4.69) is 41.5 Å². The molecule has 2 aromatic rings. The van der Waals surface area contributed by atoms with Gasteiger partial charge in [0.2, 0.25) is 0 Å². The molecule has 0 aliphatic heterocycles. The van der Waals surface area contributed by atoms with Gasteiger partial charge in [0.1, 0.15) is 0 Å². The second-order valence-corrected chi connectivity index (χ2v) is 5.39. The number of aromatic nitrogens is 1. The van der Waals surface area contributed by atoms with Gasteiger partial charge in [-0.25, -0.2) is 0 Å². The van der Waals surface area contributed by atoms with Crippen molar-refractivity contribution >= 4 is 16.6 Å². The van der Waals surface area contributed by atoms with E-state index >= 15 is 0 Å². The molecule has 0 unspecified atom stereocenters. The molecule has 1 aliphatic rings. The highest BCUT2D eigenvalue weighted by atomic mass is 14.9. The molecule has 2 nitrogen and oxygen atoms in total.